The first-order chi connectivity index (χ1) is 18.0. The molecule has 0 bridgehead atoms. The number of aromatic nitrogens is 2. The summed E-state index contributed by atoms with van der Waals surface area (Å²) in [5.74, 6) is -0.264. The fourth-order valence-electron chi connectivity index (χ4n) is 4.76. The van der Waals surface area contributed by atoms with Gasteiger partial charge >= 0.3 is 0 Å². The maximum Gasteiger partial charge on any atom is 0.214 e. The van der Waals surface area contributed by atoms with Crippen molar-refractivity contribution < 1.29 is 4.79 Å². The first-order valence-electron chi connectivity index (χ1n) is 12.4. The Kier molecular flexibility index (Phi) is 7.47. The molecule has 3 aromatic carbocycles. The maximum absolute atomic E-state index is 13.4. The maximum atomic E-state index is 13.4. The molecule has 7 heteroatoms. The van der Waals surface area contributed by atoms with Gasteiger partial charge in [0.2, 0.25) is 5.78 Å². The van der Waals surface area contributed by atoms with E-state index in [2.05, 4.69) is 45.7 Å². The third kappa shape index (κ3) is 5.65. The standard InChI is InChI=1S/C30H28ClN5O/c1-21-7-9-23(10-8-21)30(37)29-27(17-32)28(36(34-29)26-13-11-24(31)12-14-26)18-33-25-15-16-35(20-25)19-22-5-3-2-4-6-22/h2-14,25,33H,15-16,18-20H2,1H3. The minimum atomic E-state index is -0.264. The Bertz CT molecular complexity index is 1420. The Morgan fingerprint density at radius 3 is 2.51 bits per heavy atom. The molecular weight excluding hydrogens is 482 g/mol. The highest BCUT2D eigenvalue weighted by atomic mass is 35.5. The van der Waals surface area contributed by atoms with E-state index in [1.165, 1.54) is 5.56 Å². The summed E-state index contributed by atoms with van der Waals surface area (Å²) >= 11 is 6.11. The molecule has 0 saturated carbocycles. The van der Waals surface area contributed by atoms with Crippen molar-refractivity contribution in [2.45, 2.75) is 32.5 Å². The van der Waals surface area contributed by atoms with E-state index in [0.29, 0.717) is 28.4 Å². The van der Waals surface area contributed by atoms with Crippen LogP contribution in [0, 0.1) is 18.3 Å². The van der Waals surface area contributed by atoms with E-state index < -0.39 is 0 Å². The largest absolute Gasteiger partial charge is 0.307 e. The van der Waals surface area contributed by atoms with Crippen LogP contribution in [0.4, 0.5) is 0 Å². The zero-order valence-corrected chi connectivity index (χ0v) is 21.4. The molecule has 1 unspecified atom stereocenters. The molecular formula is C30H28ClN5O. The summed E-state index contributed by atoms with van der Waals surface area (Å²) in [5, 5.41) is 19.0. The summed E-state index contributed by atoms with van der Waals surface area (Å²) < 4.78 is 1.69. The summed E-state index contributed by atoms with van der Waals surface area (Å²) in [6.07, 6.45) is 1.01. The Labute approximate surface area is 222 Å². The molecule has 4 aromatic rings. The highest BCUT2D eigenvalue weighted by Gasteiger charge is 2.27. The van der Waals surface area contributed by atoms with Gasteiger partial charge in [-0.2, -0.15) is 10.4 Å². The lowest BCUT2D eigenvalue weighted by molar-refractivity contribution is 0.103. The van der Waals surface area contributed by atoms with E-state index in [0.717, 1.165) is 37.3 Å². The molecule has 186 valence electrons. The van der Waals surface area contributed by atoms with Gasteiger partial charge in [0.25, 0.3) is 0 Å². The molecule has 1 N–H and O–H groups in total. The number of hydrogen-bond acceptors (Lipinski definition) is 5. The highest BCUT2D eigenvalue weighted by molar-refractivity contribution is 6.30. The van der Waals surface area contributed by atoms with Gasteiger partial charge in [-0.3, -0.25) is 9.69 Å². The fraction of sp³-hybridized carbons (Fsp3) is 0.233. The van der Waals surface area contributed by atoms with Crippen LogP contribution in [0.1, 0.15) is 44.9 Å². The zero-order valence-electron chi connectivity index (χ0n) is 20.7. The second-order valence-corrected chi connectivity index (χ2v) is 9.89. The molecule has 0 aliphatic carbocycles. The van der Waals surface area contributed by atoms with Crippen molar-refractivity contribution in [1.29, 1.82) is 5.26 Å². The van der Waals surface area contributed by atoms with Crippen molar-refractivity contribution in [1.82, 2.24) is 20.0 Å². The molecule has 5 rings (SSSR count). The fourth-order valence-corrected chi connectivity index (χ4v) is 4.88. The van der Waals surface area contributed by atoms with Crippen LogP contribution in [0.2, 0.25) is 5.02 Å². The van der Waals surface area contributed by atoms with Gasteiger partial charge in [0, 0.05) is 42.8 Å². The first-order valence-corrected chi connectivity index (χ1v) is 12.8. The van der Waals surface area contributed by atoms with Crippen LogP contribution in [0.15, 0.2) is 78.9 Å². The molecule has 1 atom stereocenters. The summed E-state index contributed by atoms with van der Waals surface area (Å²) in [4.78, 5) is 15.8. The third-order valence-electron chi connectivity index (χ3n) is 6.77. The van der Waals surface area contributed by atoms with Crippen LogP contribution in [-0.2, 0) is 13.1 Å². The number of ketones is 1. The van der Waals surface area contributed by atoms with E-state index in [-0.39, 0.29) is 17.5 Å². The summed E-state index contributed by atoms with van der Waals surface area (Å²) in [7, 11) is 0. The van der Waals surface area contributed by atoms with Crippen LogP contribution in [-0.4, -0.2) is 39.6 Å². The van der Waals surface area contributed by atoms with Crippen molar-refractivity contribution in [3.63, 3.8) is 0 Å². The molecule has 37 heavy (non-hydrogen) atoms. The average Bonchev–Trinajstić information content (AvgIpc) is 3.52. The lowest BCUT2D eigenvalue weighted by Crippen LogP contribution is -2.32. The number of nitrogens with one attached hydrogen (secondary N) is 1. The van der Waals surface area contributed by atoms with Crippen LogP contribution >= 0.6 is 11.6 Å². The molecule has 0 amide bonds. The number of likely N-dealkylation sites (tertiary alicyclic amines) is 1. The molecule has 1 aromatic heterocycles. The SMILES string of the molecule is Cc1ccc(C(=O)c2nn(-c3ccc(Cl)cc3)c(CNC3CCN(Cc4ccccc4)C3)c2C#N)cc1. The zero-order chi connectivity index (χ0) is 25.8. The molecule has 1 aliphatic rings. The van der Waals surface area contributed by atoms with Crippen molar-refractivity contribution in [3.8, 4) is 11.8 Å². The molecule has 1 saturated heterocycles. The number of aryl methyl sites for hydroxylation is 1. The van der Waals surface area contributed by atoms with Crippen molar-refractivity contribution >= 4 is 17.4 Å². The van der Waals surface area contributed by atoms with E-state index in [4.69, 9.17) is 11.6 Å². The normalized spacial score (nSPS) is 15.5. The van der Waals surface area contributed by atoms with Gasteiger partial charge in [0.15, 0.2) is 5.69 Å². The third-order valence-corrected chi connectivity index (χ3v) is 7.02. The van der Waals surface area contributed by atoms with Crippen LogP contribution in [0.5, 0.6) is 0 Å². The van der Waals surface area contributed by atoms with Gasteiger partial charge in [-0.1, -0.05) is 71.8 Å². The lowest BCUT2D eigenvalue weighted by Gasteiger charge is -2.17. The minimum Gasteiger partial charge on any atom is -0.307 e. The van der Waals surface area contributed by atoms with Crippen molar-refractivity contribution in [2.24, 2.45) is 0 Å². The van der Waals surface area contributed by atoms with Crippen molar-refractivity contribution in [3.05, 3.63) is 118 Å². The number of benzene rings is 3. The smallest absolute Gasteiger partial charge is 0.214 e. The first kappa shape index (κ1) is 24.9. The second kappa shape index (κ2) is 11.1. The number of nitriles is 1. The van der Waals surface area contributed by atoms with E-state index in [9.17, 15) is 10.1 Å². The Balaban J connectivity index is 1.40. The topological polar surface area (TPSA) is 74.0 Å². The highest BCUT2D eigenvalue weighted by Crippen LogP contribution is 2.23. The van der Waals surface area contributed by atoms with Gasteiger partial charge in [-0.25, -0.2) is 4.68 Å². The molecule has 0 radical (unpaired) electrons. The molecule has 2 heterocycles. The number of rotatable bonds is 8. The van der Waals surface area contributed by atoms with Gasteiger partial charge < -0.3 is 5.32 Å². The molecule has 6 nitrogen and oxygen atoms in total. The molecule has 1 fully saturated rings. The second-order valence-electron chi connectivity index (χ2n) is 9.45. The van der Waals surface area contributed by atoms with Crippen LogP contribution < -0.4 is 5.32 Å². The summed E-state index contributed by atoms with van der Waals surface area (Å²) in [6, 6.07) is 27.6. The quantitative estimate of drug-likeness (QED) is 0.326. The van der Waals surface area contributed by atoms with Gasteiger partial charge in [0.1, 0.15) is 11.6 Å². The summed E-state index contributed by atoms with van der Waals surface area (Å²) in [6.45, 7) is 5.23. The van der Waals surface area contributed by atoms with E-state index in [1.54, 1.807) is 28.9 Å². The number of carbonyl (C=O) groups excluding carboxylic acids is 1. The van der Waals surface area contributed by atoms with Crippen LogP contribution in [0.3, 0.4) is 0 Å². The minimum absolute atomic E-state index is 0.162. The van der Waals surface area contributed by atoms with Crippen molar-refractivity contribution in [2.75, 3.05) is 13.1 Å². The van der Waals surface area contributed by atoms with Crippen LogP contribution in [0.25, 0.3) is 5.69 Å². The number of carbonyl (C=O) groups is 1. The summed E-state index contributed by atoms with van der Waals surface area (Å²) in [5.41, 5.74) is 4.75. The monoisotopic (exact) mass is 509 g/mol. The van der Waals surface area contributed by atoms with E-state index in [1.807, 2.05) is 37.3 Å². The Hall–Kier alpha value is -3.76. The van der Waals surface area contributed by atoms with E-state index >= 15 is 0 Å². The Morgan fingerprint density at radius 1 is 1.08 bits per heavy atom. The average molecular weight is 510 g/mol. The molecule has 1 aliphatic heterocycles. The van der Waals surface area contributed by atoms with Gasteiger partial charge in [-0.05, 0) is 43.2 Å². The predicted molar refractivity (Wildman–Crippen MR) is 145 cm³/mol. The predicted octanol–water partition coefficient (Wildman–Crippen LogP) is 5.30. The molecule has 0 spiro atoms. The number of nitrogens with zero attached hydrogens (tertiary/aromatic N) is 4. The van der Waals surface area contributed by atoms with Gasteiger partial charge in [0.05, 0.1) is 11.4 Å². The Morgan fingerprint density at radius 2 is 1.81 bits per heavy atom. The number of halogens is 1. The number of hydrogen-bond donors (Lipinski definition) is 1. The lowest BCUT2D eigenvalue weighted by atomic mass is 10.0. The van der Waals surface area contributed by atoms with Gasteiger partial charge in [-0.15, -0.1) is 0 Å².